The zero-order valence-corrected chi connectivity index (χ0v) is 15.4. The zero-order valence-electron chi connectivity index (χ0n) is 13.8. The van der Waals surface area contributed by atoms with Crippen molar-refractivity contribution >= 4 is 21.7 Å². The van der Waals surface area contributed by atoms with Crippen LogP contribution in [0.4, 0.5) is 0 Å². The highest BCUT2D eigenvalue weighted by Crippen LogP contribution is 2.36. The smallest absolute Gasteiger partial charge is 0.171 e. The second kappa shape index (κ2) is 8.09. The van der Waals surface area contributed by atoms with E-state index in [1.54, 1.807) is 0 Å². The van der Waals surface area contributed by atoms with Gasteiger partial charge in [0.15, 0.2) is 5.78 Å². The van der Waals surface area contributed by atoms with Crippen molar-refractivity contribution in [1.29, 1.82) is 0 Å². The van der Waals surface area contributed by atoms with Gasteiger partial charge in [-0.2, -0.15) is 0 Å². The van der Waals surface area contributed by atoms with Crippen LogP contribution in [0.5, 0.6) is 0 Å². The number of hydrogen-bond acceptors (Lipinski definition) is 1. The molecule has 25 heavy (non-hydrogen) atoms. The number of hydrogen-bond donors (Lipinski definition) is 0. The summed E-state index contributed by atoms with van der Waals surface area (Å²) in [6, 6.07) is 27.6. The molecule has 3 aromatic carbocycles. The Balaban J connectivity index is 2.08. The van der Waals surface area contributed by atoms with E-state index in [-0.39, 0.29) is 17.6 Å². The first kappa shape index (κ1) is 17.4. The summed E-state index contributed by atoms with van der Waals surface area (Å²) in [4.78, 5) is 13.4. The van der Waals surface area contributed by atoms with E-state index in [1.807, 2.05) is 78.9 Å². The predicted octanol–water partition coefficient (Wildman–Crippen LogP) is 6.39. The third kappa shape index (κ3) is 3.97. The zero-order chi connectivity index (χ0) is 17.6. The Morgan fingerprint density at radius 3 is 1.84 bits per heavy atom. The third-order valence-corrected chi connectivity index (χ3v) is 4.90. The number of benzene rings is 3. The van der Waals surface area contributed by atoms with Gasteiger partial charge in [-0.15, -0.1) is 6.58 Å². The minimum absolute atomic E-state index is 0.0836. The molecule has 1 nitrogen and oxygen atoms in total. The van der Waals surface area contributed by atoms with Crippen LogP contribution in [0.1, 0.15) is 33.3 Å². The molecule has 0 aliphatic rings. The minimum Gasteiger partial charge on any atom is -0.293 e. The van der Waals surface area contributed by atoms with E-state index in [1.165, 1.54) is 0 Å². The van der Waals surface area contributed by atoms with E-state index in [0.717, 1.165) is 15.6 Å². The van der Waals surface area contributed by atoms with Crippen LogP contribution in [-0.4, -0.2) is 5.78 Å². The molecule has 3 aromatic rings. The Kier molecular flexibility index (Phi) is 5.62. The molecule has 0 aliphatic heterocycles. The minimum atomic E-state index is -0.303. The molecule has 0 bridgehead atoms. The molecule has 0 heterocycles. The first-order valence-electron chi connectivity index (χ1n) is 8.23. The maximum atomic E-state index is 13.4. The fraction of sp³-hybridized carbons (Fsp3) is 0.0870. The van der Waals surface area contributed by atoms with E-state index in [0.29, 0.717) is 5.56 Å². The fourth-order valence-electron chi connectivity index (χ4n) is 3.12. The largest absolute Gasteiger partial charge is 0.293 e. The van der Waals surface area contributed by atoms with Gasteiger partial charge in [0.2, 0.25) is 0 Å². The summed E-state index contributed by atoms with van der Waals surface area (Å²) in [5, 5.41) is 0. The van der Waals surface area contributed by atoms with Crippen molar-refractivity contribution in [2.24, 2.45) is 0 Å². The lowest BCUT2D eigenvalue weighted by Gasteiger charge is -2.25. The van der Waals surface area contributed by atoms with Gasteiger partial charge < -0.3 is 0 Å². The summed E-state index contributed by atoms with van der Waals surface area (Å²) in [7, 11) is 0. The third-order valence-electron chi connectivity index (χ3n) is 4.37. The van der Waals surface area contributed by atoms with Gasteiger partial charge in [-0.3, -0.25) is 4.79 Å². The van der Waals surface area contributed by atoms with Crippen LogP contribution in [0.25, 0.3) is 0 Å². The SMILES string of the molecule is C=C[C@@H](c1ccccc1)[C@@H](C(=O)c1ccc(Br)cc1)c1ccccc1. The Hall–Kier alpha value is -2.45. The van der Waals surface area contributed by atoms with Crippen LogP contribution in [0, 0.1) is 0 Å². The first-order valence-corrected chi connectivity index (χ1v) is 9.02. The second-order valence-corrected chi connectivity index (χ2v) is 6.85. The highest BCUT2D eigenvalue weighted by Gasteiger charge is 2.29. The number of carbonyl (C=O) groups is 1. The van der Waals surface area contributed by atoms with Gasteiger partial charge in [0.1, 0.15) is 0 Å². The summed E-state index contributed by atoms with van der Waals surface area (Å²) in [6.45, 7) is 4.01. The van der Waals surface area contributed by atoms with Gasteiger partial charge >= 0.3 is 0 Å². The topological polar surface area (TPSA) is 17.1 Å². The summed E-state index contributed by atoms with van der Waals surface area (Å²) in [6.07, 6.45) is 1.88. The van der Waals surface area contributed by atoms with Gasteiger partial charge in [-0.1, -0.05) is 94.8 Å². The quantitative estimate of drug-likeness (QED) is 0.352. The predicted molar refractivity (Wildman–Crippen MR) is 107 cm³/mol. The van der Waals surface area contributed by atoms with Gasteiger partial charge in [0.05, 0.1) is 5.92 Å². The average molecular weight is 391 g/mol. The van der Waals surface area contributed by atoms with Gasteiger partial charge in [-0.25, -0.2) is 0 Å². The van der Waals surface area contributed by atoms with Crippen molar-refractivity contribution in [3.8, 4) is 0 Å². The molecule has 2 heteroatoms. The Morgan fingerprint density at radius 2 is 1.32 bits per heavy atom. The number of Topliss-reactive ketones (excluding diaryl/α,β-unsaturated/α-hetero) is 1. The van der Waals surface area contributed by atoms with Crippen molar-refractivity contribution in [2.45, 2.75) is 11.8 Å². The van der Waals surface area contributed by atoms with Gasteiger partial charge in [0, 0.05) is 16.0 Å². The molecule has 0 aromatic heterocycles. The second-order valence-electron chi connectivity index (χ2n) is 5.93. The number of halogens is 1. The van der Waals surface area contributed by atoms with Gasteiger partial charge in [-0.05, 0) is 23.3 Å². The maximum absolute atomic E-state index is 13.4. The van der Waals surface area contributed by atoms with E-state index in [9.17, 15) is 4.79 Å². The van der Waals surface area contributed by atoms with E-state index in [2.05, 4.69) is 34.6 Å². The normalized spacial score (nSPS) is 13.0. The monoisotopic (exact) mass is 390 g/mol. The molecule has 3 rings (SSSR count). The molecule has 0 amide bonds. The van der Waals surface area contributed by atoms with Crippen molar-refractivity contribution in [1.82, 2.24) is 0 Å². The molecule has 2 atom stereocenters. The summed E-state index contributed by atoms with van der Waals surface area (Å²) in [5.41, 5.74) is 2.81. The number of ketones is 1. The Bertz CT molecular complexity index is 838. The molecule has 0 radical (unpaired) electrons. The molecular weight excluding hydrogens is 372 g/mol. The molecular formula is C23H19BrO. The van der Waals surface area contributed by atoms with Crippen molar-refractivity contribution in [2.75, 3.05) is 0 Å². The van der Waals surface area contributed by atoms with E-state index >= 15 is 0 Å². The lowest BCUT2D eigenvalue weighted by Crippen LogP contribution is -2.20. The standard InChI is InChI=1S/C23H19BrO/c1-2-21(17-9-5-3-6-10-17)22(18-11-7-4-8-12-18)23(25)19-13-15-20(24)16-14-19/h2-16,21-22H,1H2/t21-,22-/m0/s1. The molecule has 0 saturated carbocycles. The number of allylic oxidation sites excluding steroid dienone is 1. The van der Waals surface area contributed by atoms with Crippen LogP contribution >= 0.6 is 15.9 Å². The van der Waals surface area contributed by atoms with Crippen LogP contribution in [0.15, 0.2) is 102 Å². The molecule has 0 spiro atoms. The molecule has 0 fully saturated rings. The Morgan fingerprint density at radius 1 is 0.800 bits per heavy atom. The van der Waals surface area contributed by atoms with E-state index < -0.39 is 0 Å². The Labute approximate surface area is 157 Å². The van der Waals surface area contributed by atoms with Crippen molar-refractivity contribution < 1.29 is 4.79 Å². The first-order chi connectivity index (χ1) is 12.2. The molecule has 0 N–H and O–H groups in total. The van der Waals surface area contributed by atoms with Crippen LogP contribution in [0.3, 0.4) is 0 Å². The fourth-order valence-corrected chi connectivity index (χ4v) is 3.38. The summed E-state index contributed by atoms with van der Waals surface area (Å²) in [5.74, 6) is -0.283. The number of rotatable bonds is 6. The summed E-state index contributed by atoms with van der Waals surface area (Å²) < 4.78 is 0.962. The summed E-state index contributed by atoms with van der Waals surface area (Å²) >= 11 is 3.43. The van der Waals surface area contributed by atoms with Crippen LogP contribution < -0.4 is 0 Å². The van der Waals surface area contributed by atoms with Crippen LogP contribution in [-0.2, 0) is 0 Å². The number of carbonyl (C=O) groups excluding carboxylic acids is 1. The average Bonchev–Trinajstić information content (AvgIpc) is 2.67. The lowest BCUT2D eigenvalue weighted by atomic mass is 9.77. The van der Waals surface area contributed by atoms with Crippen molar-refractivity contribution in [3.63, 3.8) is 0 Å². The maximum Gasteiger partial charge on any atom is 0.171 e. The van der Waals surface area contributed by atoms with Crippen LogP contribution in [0.2, 0.25) is 0 Å². The van der Waals surface area contributed by atoms with E-state index in [4.69, 9.17) is 0 Å². The van der Waals surface area contributed by atoms with Crippen molar-refractivity contribution in [3.05, 3.63) is 119 Å². The molecule has 124 valence electrons. The molecule has 0 unspecified atom stereocenters. The lowest BCUT2D eigenvalue weighted by molar-refractivity contribution is 0.0953. The molecule has 0 aliphatic carbocycles. The highest BCUT2D eigenvalue weighted by molar-refractivity contribution is 9.10. The van der Waals surface area contributed by atoms with Gasteiger partial charge in [0.25, 0.3) is 0 Å². The molecule has 0 saturated heterocycles. The highest BCUT2D eigenvalue weighted by atomic mass is 79.9.